The molecule has 1 N–H and O–H groups in total. The van der Waals surface area contributed by atoms with Crippen LogP contribution in [-0.2, 0) is 4.74 Å². The van der Waals surface area contributed by atoms with Gasteiger partial charge in [-0.2, -0.15) is 0 Å². The van der Waals surface area contributed by atoms with Crippen LogP contribution in [0.1, 0.15) is 43.8 Å². The second-order valence-electron chi connectivity index (χ2n) is 4.97. The first kappa shape index (κ1) is 14.6. The summed E-state index contributed by atoms with van der Waals surface area (Å²) < 4.78 is 10.8. The lowest BCUT2D eigenvalue weighted by atomic mass is 10.0. The van der Waals surface area contributed by atoms with Crippen LogP contribution >= 0.6 is 11.6 Å². The molecule has 2 rings (SSSR count). The predicted molar refractivity (Wildman–Crippen MR) is 75.8 cm³/mol. The van der Waals surface area contributed by atoms with E-state index < -0.39 is 6.10 Å². The predicted octanol–water partition coefficient (Wildman–Crippen LogP) is 3.73. The number of hydrogen-bond acceptors (Lipinski definition) is 3. The summed E-state index contributed by atoms with van der Waals surface area (Å²) in [5.74, 6) is 0.650. The fourth-order valence-electron chi connectivity index (χ4n) is 2.53. The maximum Gasteiger partial charge on any atom is 0.126 e. The zero-order chi connectivity index (χ0) is 13.7. The summed E-state index contributed by atoms with van der Waals surface area (Å²) in [4.78, 5) is 0. The van der Waals surface area contributed by atoms with Crippen molar-refractivity contribution in [3.8, 4) is 5.75 Å². The first-order valence-corrected chi connectivity index (χ1v) is 7.21. The van der Waals surface area contributed by atoms with Gasteiger partial charge in [-0.25, -0.2) is 0 Å². The molecule has 0 radical (unpaired) electrons. The van der Waals surface area contributed by atoms with Crippen molar-refractivity contribution in [3.63, 3.8) is 0 Å². The van der Waals surface area contributed by atoms with E-state index in [0.717, 1.165) is 44.3 Å². The molecule has 1 aromatic carbocycles. The highest BCUT2D eigenvalue weighted by Crippen LogP contribution is 2.31. The maximum atomic E-state index is 10.2. The lowest BCUT2D eigenvalue weighted by molar-refractivity contribution is 0.0941. The molecular weight excluding hydrogens is 264 g/mol. The Morgan fingerprint density at radius 1 is 1.53 bits per heavy atom. The fraction of sp³-hybridized carbons (Fsp3) is 0.600. The van der Waals surface area contributed by atoms with Crippen molar-refractivity contribution in [2.45, 2.75) is 44.3 Å². The average Bonchev–Trinajstić information content (AvgIpc) is 2.91. The van der Waals surface area contributed by atoms with Crippen molar-refractivity contribution >= 4 is 11.6 Å². The van der Waals surface area contributed by atoms with Crippen LogP contribution in [0.4, 0.5) is 0 Å². The molecule has 1 fully saturated rings. The maximum absolute atomic E-state index is 10.2. The summed E-state index contributed by atoms with van der Waals surface area (Å²) in [5, 5.41) is 10.9. The molecule has 106 valence electrons. The number of methoxy groups -OCH3 is 1. The van der Waals surface area contributed by atoms with Gasteiger partial charge in [0.2, 0.25) is 0 Å². The highest BCUT2D eigenvalue weighted by Gasteiger charge is 2.17. The average molecular weight is 285 g/mol. The monoisotopic (exact) mass is 284 g/mol. The largest absolute Gasteiger partial charge is 0.496 e. The Hall–Kier alpha value is -0.770. The quantitative estimate of drug-likeness (QED) is 0.865. The molecule has 19 heavy (non-hydrogen) atoms. The van der Waals surface area contributed by atoms with Crippen LogP contribution in [-0.4, -0.2) is 24.9 Å². The number of hydrogen-bond donors (Lipinski definition) is 1. The van der Waals surface area contributed by atoms with Crippen LogP contribution in [0.15, 0.2) is 18.2 Å². The number of halogens is 1. The Morgan fingerprint density at radius 3 is 3.05 bits per heavy atom. The third kappa shape index (κ3) is 4.10. The minimum Gasteiger partial charge on any atom is -0.496 e. The molecule has 0 spiro atoms. The smallest absolute Gasteiger partial charge is 0.126 e. The molecule has 0 aliphatic carbocycles. The van der Waals surface area contributed by atoms with Crippen LogP contribution in [0.3, 0.4) is 0 Å². The number of benzene rings is 1. The van der Waals surface area contributed by atoms with Gasteiger partial charge in [-0.3, -0.25) is 0 Å². The molecule has 1 aliphatic rings. The van der Waals surface area contributed by atoms with Crippen LogP contribution in [0, 0.1) is 0 Å². The Balaban J connectivity index is 1.86. The highest BCUT2D eigenvalue weighted by molar-refractivity contribution is 6.30. The van der Waals surface area contributed by atoms with Crippen molar-refractivity contribution in [1.29, 1.82) is 0 Å². The summed E-state index contributed by atoms with van der Waals surface area (Å²) in [7, 11) is 1.59. The molecule has 1 heterocycles. The van der Waals surface area contributed by atoms with Gasteiger partial charge < -0.3 is 14.6 Å². The van der Waals surface area contributed by atoms with E-state index >= 15 is 0 Å². The summed E-state index contributed by atoms with van der Waals surface area (Å²) in [6.45, 7) is 0.887. The Morgan fingerprint density at radius 2 is 2.37 bits per heavy atom. The second kappa shape index (κ2) is 7.13. The van der Waals surface area contributed by atoms with Gasteiger partial charge in [0.15, 0.2) is 0 Å². The first-order valence-electron chi connectivity index (χ1n) is 6.84. The van der Waals surface area contributed by atoms with Gasteiger partial charge in [-0.1, -0.05) is 17.7 Å². The van der Waals surface area contributed by atoms with Gasteiger partial charge >= 0.3 is 0 Å². The Kier molecular flexibility index (Phi) is 5.49. The third-order valence-electron chi connectivity index (χ3n) is 3.58. The van der Waals surface area contributed by atoms with Crippen LogP contribution in [0.2, 0.25) is 5.02 Å². The normalized spacial score (nSPS) is 20.5. The second-order valence-corrected chi connectivity index (χ2v) is 5.40. The molecule has 4 heteroatoms. The first-order chi connectivity index (χ1) is 9.20. The molecule has 1 aromatic rings. The van der Waals surface area contributed by atoms with Crippen molar-refractivity contribution < 1.29 is 14.6 Å². The molecular formula is C15H21ClO3. The molecule has 0 bridgehead atoms. The van der Waals surface area contributed by atoms with Crippen LogP contribution in [0.25, 0.3) is 0 Å². The summed E-state index contributed by atoms with van der Waals surface area (Å²) in [5.41, 5.74) is 0.805. The number of aliphatic hydroxyl groups is 1. The lowest BCUT2D eigenvalue weighted by Gasteiger charge is -2.16. The van der Waals surface area contributed by atoms with Crippen molar-refractivity contribution in [3.05, 3.63) is 28.8 Å². The van der Waals surface area contributed by atoms with E-state index in [2.05, 4.69) is 0 Å². The van der Waals surface area contributed by atoms with Crippen molar-refractivity contribution in [2.24, 2.45) is 0 Å². The third-order valence-corrected chi connectivity index (χ3v) is 3.82. The van der Waals surface area contributed by atoms with Gasteiger partial charge in [-0.05, 0) is 44.2 Å². The van der Waals surface area contributed by atoms with Gasteiger partial charge in [0.1, 0.15) is 5.75 Å². The number of ether oxygens (including phenoxy) is 2. The van der Waals surface area contributed by atoms with Gasteiger partial charge in [0, 0.05) is 17.2 Å². The Labute approximate surface area is 119 Å². The van der Waals surface area contributed by atoms with Crippen molar-refractivity contribution in [2.75, 3.05) is 13.7 Å². The minimum atomic E-state index is -0.506. The topological polar surface area (TPSA) is 38.7 Å². The van der Waals surface area contributed by atoms with E-state index in [4.69, 9.17) is 21.1 Å². The van der Waals surface area contributed by atoms with Gasteiger partial charge in [0.25, 0.3) is 0 Å². The number of rotatable bonds is 6. The standard InChI is InChI=1S/C15H21ClO3/c1-18-15-10-11(16)7-8-13(15)14(17)6-2-4-12-5-3-9-19-12/h7-8,10,12,14,17H,2-6,9H2,1H3. The van der Waals surface area contributed by atoms with E-state index in [-0.39, 0.29) is 0 Å². The zero-order valence-corrected chi connectivity index (χ0v) is 12.0. The molecule has 1 aliphatic heterocycles. The zero-order valence-electron chi connectivity index (χ0n) is 11.3. The number of aliphatic hydroxyl groups excluding tert-OH is 1. The van der Waals surface area contributed by atoms with E-state index in [1.54, 1.807) is 19.2 Å². The van der Waals surface area contributed by atoms with E-state index in [1.807, 2.05) is 6.07 Å². The Bertz CT molecular complexity index is 402. The minimum absolute atomic E-state index is 0.388. The molecule has 0 aromatic heterocycles. The summed E-state index contributed by atoms with van der Waals surface area (Å²) in [6, 6.07) is 5.35. The molecule has 0 saturated carbocycles. The molecule has 2 unspecified atom stereocenters. The van der Waals surface area contributed by atoms with E-state index in [9.17, 15) is 5.11 Å². The summed E-state index contributed by atoms with van der Waals surface area (Å²) in [6.07, 6.45) is 4.90. The van der Waals surface area contributed by atoms with Crippen LogP contribution < -0.4 is 4.74 Å². The molecule has 3 nitrogen and oxygen atoms in total. The fourth-order valence-corrected chi connectivity index (χ4v) is 2.69. The van der Waals surface area contributed by atoms with E-state index in [0.29, 0.717) is 16.9 Å². The molecule has 1 saturated heterocycles. The molecule has 0 amide bonds. The van der Waals surface area contributed by atoms with Gasteiger partial charge in [0.05, 0.1) is 19.3 Å². The molecule has 2 atom stereocenters. The SMILES string of the molecule is COc1cc(Cl)ccc1C(O)CCCC1CCCO1. The van der Waals surface area contributed by atoms with Crippen molar-refractivity contribution in [1.82, 2.24) is 0 Å². The van der Waals surface area contributed by atoms with Crippen LogP contribution in [0.5, 0.6) is 5.75 Å². The van der Waals surface area contributed by atoms with E-state index in [1.165, 1.54) is 0 Å². The lowest BCUT2D eigenvalue weighted by Crippen LogP contribution is -2.06. The summed E-state index contributed by atoms with van der Waals surface area (Å²) >= 11 is 5.91. The highest BCUT2D eigenvalue weighted by atomic mass is 35.5. The van der Waals surface area contributed by atoms with Gasteiger partial charge in [-0.15, -0.1) is 0 Å².